The highest BCUT2D eigenvalue weighted by Crippen LogP contribution is 2.24. The maximum Gasteiger partial charge on any atom is 0.252 e. The first-order valence-corrected chi connectivity index (χ1v) is 8.85. The minimum Gasteiger partial charge on any atom is -0.465 e. The van der Waals surface area contributed by atoms with E-state index in [0.29, 0.717) is 25.3 Å². The lowest BCUT2D eigenvalue weighted by atomic mass is 10.1. The number of furan rings is 1. The van der Waals surface area contributed by atoms with Crippen LogP contribution in [-0.2, 0) is 4.74 Å². The minimum absolute atomic E-state index is 0.00837. The van der Waals surface area contributed by atoms with Gasteiger partial charge >= 0.3 is 0 Å². The third-order valence-electron chi connectivity index (χ3n) is 4.15. The molecule has 0 bridgehead atoms. The normalized spacial score (nSPS) is 16.8. The Bertz CT molecular complexity index is 695. The smallest absolute Gasteiger partial charge is 0.252 e. The van der Waals surface area contributed by atoms with Gasteiger partial charge in [-0.2, -0.15) is 0 Å². The van der Waals surface area contributed by atoms with Gasteiger partial charge in [0.05, 0.1) is 24.8 Å². The lowest BCUT2D eigenvalue weighted by Gasteiger charge is -2.33. The van der Waals surface area contributed by atoms with Crippen molar-refractivity contribution in [3.05, 3.63) is 58.0 Å². The summed E-state index contributed by atoms with van der Waals surface area (Å²) in [6, 6.07) is 11.4. The molecule has 0 spiro atoms. The van der Waals surface area contributed by atoms with Crippen molar-refractivity contribution in [1.29, 1.82) is 0 Å². The zero-order valence-electron chi connectivity index (χ0n) is 13.6. The van der Waals surface area contributed by atoms with Gasteiger partial charge in [0.1, 0.15) is 11.5 Å². The Hall–Kier alpha value is -1.63. The van der Waals surface area contributed by atoms with E-state index in [1.807, 2.05) is 37.3 Å². The van der Waals surface area contributed by atoms with Gasteiger partial charge in [0.25, 0.3) is 5.91 Å². The molecule has 1 aliphatic rings. The highest BCUT2D eigenvalue weighted by Gasteiger charge is 2.26. The van der Waals surface area contributed by atoms with E-state index >= 15 is 0 Å². The van der Waals surface area contributed by atoms with Gasteiger partial charge in [-0.25, -0.2) is 0 Å². The first kappa shape index (κ1) is 17.2. The van der Waals surface area contributed by atoms with E-state index in [-0.39, 0.29) is 11.9 Å². The van der Waals surface area contributed by atoms with E-state index in [2.05, 4.69) is 26.1 Å². The molecule has 6 heteroatoms. The largest absolute Gasteiger partial charge is 0.465 e. The third-order valence-corrected chi connectivity index (χ3v) is 4.84. The first-order chi connectivity index (χ1) is 11.6. The molecule has 1 N–H and O–H groups in total. The van der Waals surface area contributed by atoms with Gasteiger partial charge in [-0.3, -0.25) is 9.69 Å². The van der Waals surface area contributed by atoms with E-state index in [1.54, 1.807) is 6.07 Å². The van der Waals surface area contributed by atoms with Crippen LogP contribution in [0.3, 0.4) is 0 Å². The van der Waals surface area contributed by atoms with Crippen LogP contribution >= 0.6 is 15.9 Å². The molecule has 3 rings (SSSR count). The molecule has 2 aromatic rings. The van der Waals surface area contributed by atoms with Crippen molar-refractivity contribution in [2.75, 3.05) is 32.8 Å². The molecule has 5 nitrogen and oxygen atoms in total. The summed E-state index contributed by atoms with van der Waals surface area (Å²) in [5.41, 5.74) is 0.633. The van der Waals surface area contributed by atoms with Gasteiger partial charge in [0.2, 0.25) is 0 Å². The first-order valence-electron chi connectivity index (χ1n) is 8.06. The lowest BCUT2D eigenvalue weighted by molar-refractivity contribution is 0.0117. The molecule has 1 atom stereocenters. The van der Waals surface area contributed by atoms with Crippen LogP contribution in [0, 0.1) is 6.92 Å². The van der Waals surface area contributed by atoms with Crippen LogP contribution in [0.15, 0.2) is 45.3 Å². The van der Waals surface area contributed by atoms with Gasteiger partial charge in [-0.15, -0.1) is 0 Å². The van der Waals surface area contributed by atoms with Gasteiger partial charge < -0.3 is 14.5 Å². The molecule has 24 heavy (non-hydrogen) atoms. The number of nitrogens with one attached hydrogen (secondary N) is 1. The summed E-state index contributed by atoms with van der Waals surface area (Å²) >= 11 is 3.42. The number of nitrogens with zero attached hydrogens (tertiary/aromatic N) is 1. The fourth-order valence-electron chi connectivity index (χ4n) is 2.86. The van der Waals surface area contributed by atoms with E-state index in [1.165, 1.54) is 0 Å². The number of hydrogen-bond acceptors (Lipinski definition) is 4. The minimum atomic E-state index is -0.0935. The topological polar surface area (TPSA) is 54.7 Å². The summed E-state index contributed by atoms with van der Waals surface area (Å²) in [5.74, 6) is 1.66. The van der Waals surface area contributed by atoms with Crippen LogP contribution in [-0.4, -0.2) is 43.7 Å². The SMILES string of the molecule is Cc1ccc(C(CNC(=O)c2ccccc2Br)N2CCOCC2)o1. The number of hydrogen-bond donors (Lipinski definition) is 1. The van der Waals surface area contributed by atoms with Gasteiger partial charge in [0.15, 0.2) is 0 Å². The summed E-state index contributed by atoms with van der Waals surface area (Å²) in [6.07, 6.45) is 0. The fraction of sp³-hybridized carbons (Fsp3) is 0.389. The molecule has 1 aliphatic heterocycles. The Morgan fingerprint density at radius 2 is 2.00 bits per heavy atom. The predicted octanol–water partition coefficient (Wildman–Crippen LogP) is 3.15. The molecular formula is C18H21BrN2O3. The summed E-state index contributed by atoms with van der Waals surface area (Å²) in [6.45, 7) is 5.49. The monoisotopic (exact) mass is 392 g/mol. The Morgan fingerprint density at radius 1 is 1.25 bits per heavy atom. The summed E-state index contributed by atoms with van der Waals surface area (Å²) in [4.78, 5) is 14.8. The molecule has 0 aliphatic carbocycles. The van der Waals surface area contributed by atoms with Gasteiger partial charge in [-0.05, 0) is 47.1 Å². The molecule has 1 saturated heterocycles. The van der Waals surface area contributed by atoms with E-state index in [0.717, 1.165) is 29.1 Å². The van der Waals surface area contributed by atoms with Gasteiger partial charge in [-0.1, -0.05) is 12.1 Å². The van der Waals surface area contributed by atoms with Crippen molar-refractivity contribution in [2.45, 2.75) is 13.0 Å². The molecule has 2 heterocycles. The fourth-order valence-corrected chi connectivity index (χ4v) is 3.33. The molecule has 128 valence electrons. The third kappa shape index (κ3) is 4.06. The number of carbonyl (C=O) groups is 1. The quantitative estimate of drug-likeness (QED) is 0.848. The molecule has 1 aromatic carbocycles. The Morgan fingerprint density at radius 3 is 2.67 bits per heavy atom. The lowest BCUT2D eigenvalue weighted by Crippen LogP contribution is -2.43. The number of rotatable bonds is 5. The van der Waals surface area contributed by atoms with Crippen molar-refractivity contribution >= 4 is 21.8 Å². The van der Waals surface area contributed by atoms with Crippen LogP contribution in [0.5, 0.6) is 0 Å². The number of carbonyl (C=O) groups excluding carboxylic acids is 1. The molecular weight excluding hydrogens is 372 g/mol. The van der Waals surface area contributed by atoms with Crippen molar-refractivity contribution in [3.63, 3.8) is 0 Å². The standard InChI is InChI=1S/C18H21BrN2O3/c1-13-6-7-17(24-13)16(21-8-10-23-11-9-21)12-20-18(22)14-4-2-3-5-15(14)19/h2-7,16H,8-12H2,1H3,(H,20,22). The zero-order valence-corrected chi connectivity index (χ0v) is 15.2. The highest BCUT2D eigenvalue weighted by atomic mass is 79.9. The molecule has 1 unspecified atom stereocenters. The molecule has 0 radical (unpaired) electrons. The van der Waals surface area contributed by atoms with Crippen molar-refractivity contribution < 1.29 is 13.9 Å². The number of ether oxygens (including phenoxy) is 1. The van der Waals surface area contributed by atoms with Crippen LogP contribution < -0.4 is 5.32 Å². The number of benzene rings is 1. The molecule has 1 aromatic heterocycles. The highest BCUT2D eigenvalue weighted by molar-refractivity contribution is 9.10. The van der Waals surface area contributed by atoms with Crippen LogP contribution in [0.1, 0.15) is 27.9 Å². The van der Waals surface area contributed by atoms with E-state index < -0.39 is 0 Å². The van der Waals surface area contributed by atoms with Crippen molar-refractivity contribution in [2.24, 2.45) is 0 Å². The second-order valence-electron chi connectivity index (χ2n) is 5.80. The maximum absolute atomic E-state index is 12.5. The van der Waals surface area contributed by atoms with Crippen LogP contribution in [0.4, 0.5) is 0 Å². The van der Waals surface area contributed by atoms with Crippen molar-refractivity contribution in [1.82, 2.24) is 10.2 Å². The van der Waals surface area contributed by atoms with Crippen LogP contribution in [0.2, 0.25) is 0 Å². The zero-order chi connectivity index (χ0) is 16.9. The number of morpholine rings is 1. The number of aryl methyl sites for hydroxylation is 1. The average molecular weight is 393 g/mol. The van der Waals surface area contributed by atoms with Gasteiger partial charge in [0, 0.05) is 24.1 Å². The summed E-state index contributed by atoms with van der Waals surface area (Å²) in [7, 11) is 0. The van der Waals surface area contributed by atoms with E-state index in [9.17, 15) is 4.79 Å². The van der Waals surface area contributed by atoms with Crippen molar-refractivity contribution in [3.8, 4) is 0 Å². The second-order valence-corrected chi connectivity index (χ2v) is 6.66. The Kier molecular flexibility index (Phi) is 5.71. The van der Waals surface area contributed by atoms with Crippen LogP contribution in [0.25, 0.3) is 0 Å². The second kappa shape index (κ2) is 7.96. The molecule has 1 amide bonds. The predicted molar refractivity (Wildman–Crippen MR) is 95.1 cm³/mol. The number of halogens is 1. The Labute approximate surface area is 150 Å². The average Bonchev–Trinajstić information content (AvgIpc) is 3.02. The Balaban J connectivity index is 1.72. The molecule has 1 fully saturated rings. The maximum atomic E-state index is 12.5. The molecule has 0 saturated carbocycles. The van der Waals surface area contributed by atoms with E-state index in [4.69, 9.17) is 9.15 Å². The summed E-state index contributed by atoms with van der Waals surface area (Å²) < 4.78 is 12.0. The number of amides is 1. The summed E-state index contributed by atoms with van der Waals surface area (Å²) in [5, 5.41) is 3.03.